The Morgan fingerprint density at radius 2 is 2.08 bits per heavy atom. The number of hydrogen-bond donors (Lipinski definition) is 0. The molecule has 0 spiro atoms. The van der Waals surface area contributed by atoms with Crippen molar-refractivity contribution >= 4 is 5.91 Å². The van der Waals surface area contributed by atoms with Crippen LogP contribution in [0.25, 0.3) is 0 Å². The van der Waals surface area contributed by atoms with Gasteiger partial charge in [-0.3, -0.25) is 4.79 Å². The Bertz CT molecular complexity index is 933. The van der Waals surface area contributed by atoms with E-state index in [1.807, 2.05) is 12.3 Å². The lowest BCUT2D eigenvalue weighted by atomic mass is 10.1. The number of rotatable bonds is 4. The van der Waals surface area contributed by atoms with Crippen LogP contribution in [0.1, 0.15) is 27.7 Å². The van der Waals surface area contributed by atoms with Crippen LogP contribution >= 0.6 is 0 Å². The molecule has 9 heteroatoms. The summed E-state index contributed by atoms with van der Waals surface area (Å²) < 4.78 is 1.77. The molecule has 0 bridgehead atoms. The van der Waals surface area contributed by atoms with E-state index in [1.165, 1.54) is 4.80 Å². The molecule has 1 amide bonds. The third-order valence-corrected chi connectivity index (χ3v) is 4.09. The summed E-state index contributed by atoms with van der Waals surface area (Å²) in [6, 6.07) is 8.89. The zero-order chi connectivity index (χ0) is 17.2. The van der Waals surface area contributed by atoms with Crippen molar-refractivity contribution in [3.05, 3.63) is 59.7 Å². The molecule has 3 heterocycles. The lowest BCUT2D eigenvalue weighted by Gasteiger charge is -2.38. The fourth-order valence-corrected chi connectivity index (χ4v) is 2.73. The largest absolute Gasteiger partial charge is 0.334 e. The van der Waals surface area contributed by atoms with Crippen molar-refractivity contribution < 1.29 is 4.79 Å². The van der Waals surface area contributed by atoms with Crippen molar-refractivity contribution in [1.82, 2.24) is 34.9 Å². The summed E-state index contributed by atoms with van der Waals surface area (Å²) in [6.45, 7) is 1.60. The topological polar surface area (TPSA) is 106 Å². The van der Waals surface area contributed by atoms with Crippen LogP contribution in [0.3, 0.4) is 0 Å². The SMILES string of the molecule is N#Cc1cccc(C(=O)N2CC(n3cc(Cn4nccn4)nn3)C2)c1. The van der Waals surface area contributed by atoms with E-state index < -0.39 is 0 Å². The molecule has 1 aliphatic heterocycles. The van der Waals surface area contributed by atoms with Gasteiger partial charge in [0.25, 0.3) is 5.91 Å². The van der Waals surface area contributed by atoms with Gasteiger partial charge in [-0.25, -0.2) is 4.68 Å². The second-order valence-electron chi connectivity index (χ2n) is 5.81. The van der Waals surface area contributed by atoms with E-state index in [9.17, 15) is 4.79 Å². The first kappa shape index (κ1) is 15.0. The molecule has 1 saturated heterocycles. The van der Waals surface area contributed by atoms with Gasteiger partial charge in [-0.2, -0.15) is 20.3 Å². The number of aromatic nitrogens is 6. The van der Waals surface area contributed by atoms with Crippen molar-refractivity contribution in [2.24, 2.45) is 0 Å². The van der Waals surface area contributed by atoms with Gasteiger partial charge in [-0.1, -0.05) is 11.3 Å². The lowest BCUT2D eigenvalue weighted by molar-refractivity contribution is 0.0498. The predicted octanol–water partition coefficient (Wildman–Crippen LogP) is 0.487. The van der Waals surface area contributed by atoms with Crippen LogP contribution in [0.2, 0.25) is 0 Å². The normalized spacial score (nSPS) is 14.1. The molecular formula is C16H14N8O. The number of nitrogens with zero attached hydrogens (tertiary/aromatic N) is 8. The highest BCUT2D eigenvalue weighted by Crippen LogP contribution is 2.23. The summed E-state index contributed by atoms with van der Waals surface area (Å²) in [5, 5.41) is 25.3. The van der Waals surface area contributed by atoms with Crippen LogP contribution in [0.15, 0.2) is 42.9 Å². The fraction of sp³-hybridized carbons (Fsp3) is 0.250. The molecule has 3 aromatic rings. The predicted molar refractivity (Wildman–Crippen MR) is 85.2 cm³/mol. The molecule has 0 saturated carbocycles. The molecule has 2 aromatic heterocycles. The quantitative estimate of drug-likeness (QED) is 0.687. The Morgan fingerprint density at radius 1 is 1.28 bits per heavy atom. The Hall–Kier alpha value is -3.54. The molecule has 9 nitrogen and oxygen atoms in total. The van der Waals surface area contributed by atoms with E-state index in [2.05, 4.69) is 20.5 Å². The van der Waals surface area contributed by atoms with Crippen molar-refractivity contribution in [3.63, 3.8) is 0 Å². The van der Waals surface area contributed by atoms with Crippen molar-refractivity contribution in [2.75, 3.05) is 13.1 Å². The van der Waals surface area contributed by atoms with Gasteiger partial charge in [0.05, 0.1) is 36.3 Å². The first-order chi connectivity index (χ1) is 12.2. The summed E-state index contributed by atoms with van der Waals surface area (Å²) >= 11 is 0. The highest BCUT2D eigenvalue weighted by molar-refractivity contribution is 5.95. The number of carbonyl (C=O) groups is 1. The molecule has 124 valence electrons. The molecule has 0 radical (unpaired) electrons. The first-order valence-electron chi connectivity index (χ1n) is 7.77. The Kier molecular flexibility index (Phi) is 3.70. The first-order valence-corrected chi connectivity index (χ1v) is 7.77. The zero-order valence-corrected chi connectivity index (χ0v) is 13.2. The maximum atomic E-state index is 12.4. The summed E-state index contributed by atoms with van der Waals surface area (Å²) in [7, 11) is 0. The van der Waals surface area contributed by atoms with E-state index in [4.69, 9.17) is 5.26 Å². The molecule has 25 heavy (non-hydrogen) atoms. The van der Waals surface area contributed by atoms with Gasteiger partial charge in [0.1, 0.15) is 12.2 Å². The van der Waals surface area contributed by atoms with E-state index in [0.717, 1.165) is 5.69 Å². The molecule has 1 aliphatic rings. The molecule has 0 atom stereocenters. The van der Waals surface area contributed by atoms with Gasteiger partial charge < -0.3 is 4.90 Å². The average Bonchev–Trinajstić information content (AvgIpc) is 3.26. The number of benzene rings is 1. The molecule has 0 aliphatic carbocycles. The summed E-state index contributed by atoms with van der Waals surface area (Å²) in [6.07, 6.45) is 5.08. The van der Waals surface area contributed by atoms with E-state index >= 15 is 0 Å². The highest BCUT2D eigenvalue weighted by Gasteiger charge is 2.33. The average molecular weight is 334 g/mol. The lowest BCUT2D eigenvalue weighted by Crippen LogP contribution is -2.50. The summed E-state index contributed by atoms with van der Waals surface area (Å²) in [4.78, 5) is 15.7. The molecule has 1 fully saturated rings. The van der Waals surface area contributed by atoms with Crippen LogP contribution in [0.4, 0.5) is 0 Å². The number of nitriles is 1. The third kappa shape index (κ3) is 2.97. The van der Waals surface area contributed by atoms with Gasteiger partial charge in [-0.05, 0) is 18.2 Å². The van der Waals surface area contributed by atoms with Gasteiger partial charge in [0, 0.05) is 18.7 Å². The number of likely N-dealkylation sites (tertiary alicyclic amines) is 1. The Balaban J connectivity index is 1.38. The second kappa shape index (κ2) is 6.16. The maximum Gasteiger partial charge on any atom is 0.254 e. The van der Waals surface area contributed by atoms with Crippen LogP contribution in [-0.4, -0.2) is 53.9 Å². The van der Waals surface area contributed by atoms with Gasteiger partial charge in [-0.15, -0.1) is 5.10 Å². The van der Waals surface area contributed by atoms with Crippen molar-refractivity contribution in [3.8, 4) is 6.07 Å². The van der Waals surface area contributed by atoms with Gasteiger partial charge in [0.2, 0.25) is 0 Å². The van der Waals surface area contributed by atoms with Crippen LogP contribution in [0, 0.1) is 11.3 Å². The minimum Gasteiger partial charge on any atom is -0.334 e. The fourth-order valence-electron chi connectivity index (χ4n) is 2.73. The Morgan fingerprint density at radius 3 is 2.84 bits per heavy atom. The standard InChI is InChI=1S/C16H14N8O/c17-7-12-2-1-3-13(6-12)16(25)22-10-15(11-22)23-8-14(20-21-23)9-24-18-4-5-19-24/h1-6,8,15H,9-11H2. The van der Waals surface area contributed by atoms with E-state index in [1.54, 1.807) is 46.2 Å². The Labute approximate surface area is 143 Å². The smallest absolute Gasteiger partial charge is 0.254 e. The van der Waals surface area contributed by atoms with Gasteiger partial charge >= 0.3 is 0 Å². The molecular weight excluding hydrogens is 320 g/mol. The van der Waals surface area contributed by atoms with Crippen molar-refractivity contribution in [1.29, 1.82) is 5.26 Å². The number of carbonyl (C=O) groups excluding carboxylic acids is 1. The molecule has 1 aromatic carbocycles. The zero-order valence-electron chi connectivity index (χ0n) is 13.2. The monoisotopic (exact) mass is 334 g/mol. The molecule has 0 N–H and O–H groups in total. The van der Waals surface area contributed by atoms with E-state index in [0.29, 0.717) is 30.8 Å². The number of amides is 1. The van der Waals surface area contributed by atoms with Gasteiger partial charge in [0.15, 0.2) is 0 Å². The minimum atomic E-state index is -0.0746. The van der Waals surface area contributed by atoms with E-state index in [-0.39, 0.29) is 11.9 Å². The van der Waals surface area contributed by atoms with Crippen LogP contribution in [-0.2, 0) is 6.54 Å². The molecule has 4 rings (SSSR count). The number of hydrogen-bond acceptors (Lipinski definition) is 6. The summed E-state index contributed by atoms with van der Waals surface area (Å²) in [5.41, 5.74) is 1.78. The maximum absolute atomic E-state index is 12.4. The minimum absolute atomic E-state index is 0.0746. The van der Waals surface area contributed by atoms with Crippen LogP contribution in [0.5, 0.6) is 0 Å². The third-order valence-electron chi connectivity index (χ3n) is 4.09. The highest BCUT2D eigenvalue weighted by atomic mass is 16.2. The van der Waals surface area contributed by atoms with Crippen molar-refractivity contribution in [2.45, 2.75) is 12.6 Å². The van der Waals surface area contributed by atoms with Crippen LogP contribution < -0.4 is 0 Å². The molecule has 0 unspecified atom stereocenters. The second-order valence-corrected chi connectivity index (χ2v) is 5.81. The summed E-state index contributed by atoms with van der Waals surface area (Å²) in [5.74, 6) is -0.0746.